The molecular formula is C13H15NO. The summed E-state index contributed by atoms with van der Waals surface area (Å²) in [6, 6.07) is 5.79. The summed E-state index contributed by atoms with van der Waals surface area (Å²) < 4.78 is 5.74. The Morgan fingerprint density at radius 1 is 1.40 bits per heavy atom. The minimum absolute atomic E-state index is 0.795. The molecular weight excluding hydrogens is 186 g/mol. The van der Waals surface area contributed by atoms with Crippen molar-refractivity contribution in [1.29, 1.82) is 0 Å². The Morgan fingerprint density at radius 2 is 2.20 bits per heavy atom. The van der Waals surface area contributed by atoms with Crippen LogP contribution in [0.2, 0.25) is 0 Å². The van der Waals surface area contributed by atoms with Gasteiger partial charge in [0.2, 0.25) is 0 Å². The molecule has 2 aromatic rings. The second-order valence-electron chi connectivity index (χ2n) is 3.52. The van der Waals surface area contributed by atoms with E-state index in [2.05, 4.69) is 6.92 Å². The van der Waals surface area contributed by atoms with Gasteiger partial charge in [0.25, 0.3) is 0 Å². The number of nitrogens with two attached hydrogens (primary N) is 1. The molecule has 0 saturated heterocycles. The van der Waals surface area contributed by atoms with Gasteiger partial charge >= 0.3 is 0 Å². The summed E-state index contributed by atoms with van der Waals surface area (Å²) in [4.78, 5) is 0. The van der Waals surface area contributed by atoms with Crippen molar-refractivity contribution in [2.75, 3.05) is 5.73 Å². The number of aryl methyl sites for hydroxylation is 1. The maximum Gasteiger partial charge on any atom is 0.137 e. The number of rotatable bonds is 2. The highest BCUT2D eigenvalue weighted by Gasteiger charge is 2.12. The smallest absolute Gasteiger partial charge is 0.137 e. The van der Waals surface area contributed by atoms with E-state index >= 15 is 0 Å². The minimum Gasteiger partial charge on any atom is -0.456 e. The Kier molecular flexibility index (Phi) is 2.50. The van der Waals surface area contributed by atoms with Gasteiger partial charge in [-0.2, -0.15) is 0 Å². The Morgan fingerprint density at radius 3 is 2.87 bits per heavy atom. The largest absolute Gasteiger partial charge is 0.456 e. The number of allylic oxidation sites excluding steroid dienone is 1. The van der Waals surface area contributed by atoms with Crippen LogP contribution in [0.4, 0.5) is 5.69 Å². The first-order chi connectivity index (χ1) is 7.27. The third-order valence-corrected chi connectivity index (χ3v) is 2.55. The van der Waals surface area contributed by atoms with Gasteiger partial charge in [0.1, 0.15) is 11.3 Å². The molecule has 0 spiro atoms. The van der Waals surface area contributed by atoms with E-state index in [-0.39, 0.29) is 0 Å². The SMILES string of the molecule is C/C=C\c1oc2cccc(N)c2c1CC. The van der Waals surface area contributed by atoms with Crippen LogP contribution in [0.1, 0.15) is 25.2 Å². The standard InChI is InChI=1S/C13H15NO/c1-3-6-11-9(4-2)13-10(14)7-5-8-12(13)15-11/h3,5-8H,4,14H2,1-2H3/b6-3-. The normalized spacial score (nSPS) is 11.6. The fourth-order valence-corrected chi connectivity index (χ4v) is 1.90. The molecule has 0 fully saturated rings. The van der Waals surface area contributed by atoms with E-state index in [0.717, 1.165) is 28.8 Å². The molecule has 78 valence electrons. The molecule has 2 heteroatoms. The Bertz CT molecular complexity index is 508. The molecule has 0 radical (unpaired) electrons. The number of hydrogen-bond donors (Lipinski definition) is 1. The van der Waals surface area contributed by atoms with Crippen LogP contribution in [0.15, 0.2) is 28.7 Å². The van der Waals surface area contributed by atoms with Crippen LogP contribution >= 0.6 is 0 Å². The Hall–Kier alpha value is -1.70. The van der Waals surface area contributed by atoms with Crippen LogP contribution < -0.4 is 5.73 Å². The molecule has 15 heavy (non-hydrogen) atoms. The second-order valence-corrected chi connectivity index (χ2v) is 3.52. The van der Waals surface area contributed by atoms with E-state index in [1.807, 2.05) is 37.3 Å². The lowest BCUT2D eigenvalue weighted by Gasteiger charge is -1.97. The molecule has 0 aliphatic heterocycles. The maximum absolute atomic E-state index is 5.96. The van der Waals surface area contributed by atoms with Crippen molar-refractivity contribution in [3.05, 3.63) is 35.6 Å². The first kappa shape index (κ1) is 9.84. The number of fused-ring (bicyclic) bond motifs is 1. The van der Waals surface area contributed by atoms with Gasteiger partial charge in [-0.1, -0.05) is 19.1 Å². The zero-order valence-corrected chi connectivity index (χ0v) is 9.08. The molecule has 2 nitrogen and oxygen atoms in total. The highest BCUT2D eigenvalue weighted by atomic mass is 16.3. The van der Waals surface area contributed by atoms with Gasteiger partial charge in [-0.15, -0.1) is 0 Å². The van der Waals surface area contributed by atoms with Gasteiger partial charge < -0.3 is 10.2 Å². The van der Waals surface area contributed by atoms with Crippen LogP contribution in [0.5, 0.6) is 0 Å². The molecule has 0 bridgehead atoms. The minimum atomic E-state index is 0.795. The molecule has 0 saturated carbocycles. The maximum atomic E-state index is 5.96. The lowest BCUT2D eigenvalue weighted by molar-refractivity contribution is 0.599. The van der Waals surface area contributed by atoms with Crippen molar-refractivity contribution in [1.82, 2.24) is 0 Å². The van der Waals surface area contributed by atoms with Crippen molar-refractivity contribution < 1.29 is 4.42 Å². The predicted octanol–water partition coefficient (Wildman–Crippen LogP) is 3.61. The average molecular weight is 201 g/mol. The third kappa shape index (κ3) is 1.52. The quantitative estimate of drug-likeness (QED) is 0.754. The molecule has 0 aliphatic rings. The van der Waals surface area contributed by atoms with E-state index in [4.69, 9.17) is 10.2 Å². The van der Waals surface area contributed by atoms with Gasteiger partial charge in [0.15, 0.2) is 0 Å². The Balaban J connectivity index is 2.80. The summed E-state index contributed by atoms with van der Waals surface area (Å²) in [7, 11) is 0. The van der Waals surface area contributed by atoms with E-state index < -0.39 is 0 Å². The molecule has 1 aromatic heterocycles. The monoisotopic (exact) mass is 201 g/mol. The number of hydrogen-bond acceptors (Lipinski definition) is 2. The fraction of sp³-hybridized carbons (Fsp3) is 0.231. The van der Waals surface area contributed by atoms with Crippen LogP contribution in [0, 0.1) is 0 Å². The molecule has 1 aromatic carbocycles. The van der Waals surface area contributed by atoms with Crippen LogP contribution in [-0.4, -0.2) is 0 Å². The summed E-state index contributed by atoms with van der Waals surface area (Å²) >= 11 is 0. The van der Waals surface area contributed by atoms with Crippen molar-refractivity contribution in [3.63, 3.8) is 0 Å². The number of anilines is 1. The highest BCUT2D eigenvalue weighted by molar-refractivity contribution is 5.94. The van der Waals surface area contributed by atoms with E-state index in [1.165, 1.54) is 5.56 Å². The fourth-order valence-electron chi connectivity index (χ4n) is 1.90. The summed E-state index contributed by atoms with van der Waals surface area (Å²) in [6.07, 6.45) is 4.90. The number of nitrogen functional groups attached to an aromatic ring is 1. The predicted molar refractivity (Wildman–Crippen MR) is 64.7 cm³/mol. The number of benzene rings is 1. The molecule has 2 N–H and O–H groups in total. The third-order valence-electron chi connectivity index (χ3n) is 2.55. The Labute approximate surface area is 89.4 Å². The summed E-state index contributed by atoms with van der Waals surface area (Å²) in [5.74, 6) is 0.924. The van der Waals surface area contributed by atoms with Crippen LogP contribution in [-0.2, 0) is 6.42 Å². The molecule has 2 rings (SSSR count). The molecule has 0 aliphatic carbocycles. The van der Waals surface area contributed by atoms with E-state index in [1.54, 1.807) is 0 Å². The van der Waals surface area contributed by atoms with Crippen molar-refractivity contribution in [2.45, 2.75) is 20.3 Å². The van der Waals surface area contributed by atoms with E-state index in [0.29, 0.717) is 0 Å². The first-order valence-corrected chi connectivity index (χ1v) is 5.20. The van der Waals surface area contributed by atoms with Crippen molar-refractivity contribution in [2.24, 2.45) is 0 Å². The summed E-state index contributed by atoms with van der Waals surface area (Å²) in [6.45, 7) is 4.10. The second kappa shape index (κ2) is 3.81. The zero-order valence-electron chi connectivity index (χ0n) is 9.08. The van der Waals surface area contributed by atoms with Gasteiger partial charge in [0, 0.05) is 16.6 Å². The van der Waals surface area contributed by atoms with Gasteiger partial charge in [-0.05, 0) is 31.6 Å². The van der Waals surface area contributed by atoms with E-state index in [9.17, 15) is 0 Å². The molecule has 0 unspecified atom stereocenters. The zero-order chi connectivity index (χ0) is 10.8. The summed E-state index contributed by atoms with van der Waals surface area (Å²) in [5, 5.41) is 1.06. The van der Waals surface area contributed by atoms with Crippen molar-refractivity contribution >= 4 is 22.7 Å². The highest BCUT2D eigenvalue weighted by Crippen LogP contribution is 2.31. The lowest BCUT2D eigenvalue weighted by atomic mass is 10.1. The lowest BCUT2D eigenvalue weighted by Crippen LogP contribution is -1.88. The molecule has 1 heterocycles. The molecule has 0 atom stereocenters. The first-order valence-electron chi connectivity index (χ1n) is 5.20. The molecule has 0 amide bonds. The van der Waals surface area contributed by atoms with Gasteiger partial charge in [0.05, 0.1) is 0 Å². The van der Waals surface area contributed by atoms with Gasteiger partial charge in [-0.25, -0.2) is 0 Å². The van der Waals surface area contributed by atoms with Gasteiger partial charge in [-0.3, -0.25) is 0 Å². The van der Waals surface area contributed by atoms with Crippen molar-refractivity contribution in [3.8, 4) is 0 Å². The van der Waals surface area contributed by atoms with Crippen LogP contribution in [0.25, 0.3) is 17.0 Å². The van der Waals surface area contributed by atoms with Crippen LogP contribution in [0.3, 0.4) is 0 Å². The summed E-state index contributed by atoms with van der Waals surface area (Å²) in [5.41, 5.74) is 8.82. The topological polar surface area (TPSA) is 39.2 Å². The number of furan rings is 1. The average Bonchev–Trinajstić information content (AvgIpc) is 2.57.